The molecule has 1 unspecified atom stereocenters. The number of primary amides is 1. The first-order valence-corrected chi connectivity index (χ1v) is 3.16. The molecule has 0 radical (unpaired) electrons. The standard InChI is InChI=1S/C7H11NO3/c1-4(6(8)9)3-5(2)7(10)11/h3-4H,1-2H3,(H2,8,9)(H,10,11). The summed E-state index contributed by atoms with van der Waals surface area (Å²) in [6, 6.07) is 0. The Kier molecular flexibility index (Phi) is 3.30. The highest BCUT2D eigenvalue weighted by Gasteiger charge is 2.07. The van der Waals surface area contributed by atoms with E-state index in [0.717, 1.165) is 0 Å². The molecule has 62 valence electrons. The van der Waals surface area contributed by atoms with Gasteiger partial charge in [-0.3, -0.25) is 4.79 Å². The molecule has 0 aromatic carbocycles. The van der Waals surface area contributed by atoms with Gasteiger partial charge in [-0.05, 0) is 6.92 Å². The van der Waals surface area contributed by atoms with E-state index in [1.54, 1.807) is 6.92 Å². The molecule has 0 saturated heterocycles. The lowest BCUT2D eigenvalue weighted by molar-refractivity contribution is -0.132. The van der Waals surface area contributed by atoms with Crippen LogP contribution >= 0.6 is 0 Å². The maximum Gasteiger partial charge on any atom is 0.330 e. The maximum absolute atomic E-state index is 10.4. The monoisotopic (exact) mass is 157 g/mol. The van der Waals surface area contributed by atoms with E-state index in [4.69, 9.17) is 10.8 Å². The SMILES string of the molecule is CC(=CC(C)C(N)=O)C(=O)O. The minimum Gasteiger partial charge on any atom is -0.478 e. The Hall–Kier alpha value is -1.32. The number of carbonyl (C=O) groups is 2. The minimum absolute atomic E-state index is 0.135. The lowest BCUT2D eigenvalue weighted by Crippen LogP contribution is -2.19. The summed E-state index contributed by atoms with van der Waals surface area (Å²) in [6.45, 7) is 2.97. The lowest BCUT2D eigenvalue weighted by Gasteiger charge is -1.99. The van der Waals surface area contributed by atoms with Gasteiger partial charge in [-0.1, -0.05) is 13.0 Å². The molecule has 0 saturated carbocycles. The second-order valence-corrected chi connectivity index (χ2v) is 2.35. The molecule has 0 aromatic rings. The molecule has 0 heterocycles. The predicted octanol–water partition coefficient (Wildman–Crippen LogP) is 0.139. The first kappa shape index (κ1) is 9.68. The van der Waals surface area contributed by atoms with Gasteiger partial charge in [0, 0.05) is 5.57 Å². The number of hydrogen-bond donors (Lipinski definition) is 2. The highest BCUT2D eigenvalue weighted by atomic mass is 16.4. The van der Waals surface area contributed by atoms with Crippen molar-refractivity contribution in [1.29, 1.82) is 0 Å². The summed E-state index contributed by atoms with van der Waals surface area (Å²) in [5.74, 6) is -2.07. The first-order valence-electron chi connectivity index (χ1n) is 3.16. The number of aliphatic carboxylic acids is 1. The van der Waals surface area contributed by atoms with Crippen molar-refractivity contribution in [3.63, 3.8) is 0 Å². The number of carbonyl (C=O) groups excluding carboxylic acids is 1. The Morgan fingerprint density at radius 3 is 2.27 bits per heavy atom. The van der Waals surface area contributed by atoms with Crippen molar-refractivity contribution in [2.45, 2.75) is 13.8 Å². The van der Waals surface area contributed by atoms with E-state index in [1.165, 1.54) is 13.0 Å². The first-order chi connectivity index (χ1) is 4.95. The Bertz CT molecular complexity index is 208. The van der Waals surface area contributed by atoms with Crippen molar-refractivity contribution in [1.82, 2.24) is 0 Å². The molecule has 0 aliphatic heterocycles. The van der Waals surface area contributed by atoms with Crippen LogP contribution in [0.15, 0.2) is 11.6 Å². The predicted molar refractivity (Wildman–Crippen MR) is 39.8 cm³/mol. The van der Waals surface area contributed by atoms with Gasteiger partial charge in [0.05, 0.1) is 5.92 Å². The number of hydrogen-bond acceptors (Lipinski definition) is 2. The van der Waals surface area contributed by atoms with E-state index in [9.17, 15) is 9.59 Å². The average molecular weight is 157 g/mol. The van der Waals surface area contributed by atoms with Crippen LogP contribution in [0.2, 0.25) is 0 Å². The minimum atomic E-state index is -1.03. The molecule has 0 aliphatic carbocycles. The van der Waals surface area contributed by atoms with Crippen molar-refractivity contribution in [3.05, 3.63) is 11.6 Å². The third kappa shape index (κ3) is 3.40. The van der Waals surface area contributed by atoms with Crippen LogP contribution in [-0.4, -0.2) is 17.0 Å². The molecular weight excluding hydrogens is 146 g/mol. The van der Waals surface area contributed by atoms with Crippen LogP contribution in [0.25, 0.3) is 0 Å². The molecule has 3 N–H and O–H groups in total. The fourth-order valence-corrected chi connectivity index (χ4v) is 0.528. The maximum atomic E-state index is 10.4. The van der Waals surface area contributed by atoms with Crippen molar-refractivity contribution in [2.24, 2.45) is 11.7 Å². The molecule has 0 spiro atoms. The van der Waals surface area contributed by atoms with Crippen LogP contribution in [-0.2, 0) is 9.59 Å². The molecule has 0 bridgehead atoms. The van der Waals surface area contributed by atoms with E-state index in [1.807, 2.05) is 0 Å². The van der Waals surface area contributed by atoms with E-state index in [2.05, 4.69) is 0 Å². The fraction of sp³-hybridized carbons (Fsp3) is 0.429. The van der Waals surface area contributed by atoms with Crippen molar-refractivity contribution < 1.29 is 14.7 Å². The van der Waals surface area contributed by atoms with Crippen LogP contribution in [0, 0.1) is 5.92 Å². The van der Waals surface area contributed by atoms with Gasteiger partial charge in [0.25, 0.3) is 0 Å². The van der Waals surface area contributed by atoms with Crippen LogP contribution in [0.1, 0.15) is 13.8 Å². The van der Waals surface area contributed by atoms with E-state index >= 15 is 0 Å². The number of nitrogens with two attached hydrogens (primary N) is 1. The van der Waals surface area contributed by atoms with Gasteiger partial charge in [-0.25, -0.2) is 4.79 Å². The van der Waals surface area contributed by atoms with Gasteiger partial charge < -0.3 is 10.8 Å². The normalized spacial score (nSPS) is 14.2. The largest absolute Gasteiger partial charge is 0.478 e. The third-order valence-electron chi connectivity index (χ3n) is 1.29. The van der Waals surface area contributed by atoms with Gasteiger partial charge >= 0.3 is 5.97 Å². The lowest BCUT2D eigenvalue weighted by atomic mass is 10.1. The summed E-state index contributed by atoms with van der Waals surface area (Å²) in [7, 11) is 0. The van der Waals surface area contributed by atoms with Gasteiger partial charge in [0.2, 0.25) is 5.91 Å². The number of amides is 1. The Morgan fingerprint density at radius 2 is 2.00 bits per heavy atom. The molecular formula is C7H11NO3. The zero-order valence-corrected chi connectivity index (χ0v) is 6.50. The second kappa shape index (κ2) is 3.75. The van der Waals surface area contributed by atoms with Crippen molar-refractivity contribution in [3.8, 4) is 0 Å². The molecule has 4 nitrogen and oxygen atoms in total. The Balaban J connectivity index is 4.31. The molecule has 0 aliphatic rings. The summed E-state index contributed by atoms with van der Waals surface area (Å²) in [5.41, 5.74) is 5.04. The van der Waals surface area contributed by atoms with E-state index < -0.39 is 17.8 Å². The molecule has 0 aromatic heterocycles. The number of carboxylic acids is 1. The third-order valence-corrected chi connectivity index (χ3v) is 1.29. The Labute approximate surface area is 64.7 Å². The summed E-state index contributed by atoms with van der Waals surface area (Å²) in [4.78, 5) is 20.7. The quantitative estimate of drug-likeness (QED) is 0.572. The summed E-state index contributed by atoms with van der Waals surface area (Å²) in [5, 5.41) is 8.39. The topological polar surface area (TPSA) is 80.4 Å². The van der Waals surface area contributed by atoms with E-state index in [0.29, 0.717) is 0 Å². The number of rotatable bonds is 3. The second-order valence-electron chi connectivity index (χ2n) is 2.35. The summed E-state index contributed by atoms with van der Waals surface area (Å²) >= 11 is 0. The van der Waals surface area contributed by atoms with Crippen LogP contribution < -0.4 is 5.73 Å². The molecule has 1 amide bonds. The Morgan fingerprint density at radius 1 is 1.55 bits per heavy atom. The molecule has 11 heavy (non-hydrogen) atoms. The van der Waals surface area contributed by atoms with Crippen LogP contribution in [0.3, 0.4) is 0 Å². The molecule has 4 heteroatoms. The average Bonchev–Trinajstić information content (AvgIpc) is 1.87. The van der Waals surface area contributed by atoms with E-state index in [-0.39, 0.29) is 5.57 Å². The molecule has 0 fully saturated rings. The summed E-state index contributed by atoms with van der Waals surface area (Å²) in [6.07, 6.45) is 1.32. The zero-order chi connectivity index (χ0) is 9.02. The van der Waals surface area contributed by atoms with Gasteiger partial charge in [-0.15, -0.1) is 0 Å². The van der Waals surface area contributed by atoms with Crippen molar-refractivity contribution >= 4 is 11.9 Å². The van der Waals surface area contributed by atoms with Gasteiger partial charge in [0.15, 0.2) is 0 Å². The van der Waals surface area contributed by atoms with Gasteiger partial charge in [0.1, 0.15) is 0 Å². The highest BCUT2D eigenvalue weighted by molar-refractivity contribution is 5.87. The molecule has 0 rings (SSSR count). The van der Waals surface area contributed by atoms with Crippen LogP contribution in [0.4, 0.5) is 0 Å². The summed E-state index contributed by atoms with van der Waals surface area (Å²) < 4.78 is 0. The molecule has 1 atom stereocenters. The number of carboxylic acid groups (broad SMARTS) is 1. The smallest absolute Gasteiger partial charge is 0.330 e. The highest BCUT2D eigenvalue weighted by Crippen LogP contribution is 2.01. The van der Waals surface area contributed by atoms with Crippen molar-refractivity contribution in [2.75, 3.05) is 0 Å². The van der Waals surface area contributed by atoms with Crippen LogP contribution in [0.5, 0.6) is 0 Å². The fourth-order valence-electron chi connectivity index (χ4n) is 0.528. The van der Waals surface area contributed by atoms with Gasteiger partial charge in [-0.2, -0.15) is 0 Å². The zero-order valence-electron chi connectivity index (χ0n) is 6.50.